The van der Waals surface area contributed by atoms with Gasteiger partial charge in [-0.3, -0.25) is 4.79 Å². The molecule has 0 fully saturated rings. The van der Waals surface area contributed by atoms with Gasteiger partial charge in [0.15, 0.2) is 0 Å². The van der Waals surface area contributed by atoms with E-state index in [4.69, 9.17) is 16.3 Å². The number of methoxy groups -OCH3 is 1. The number of fused-ring (bicyclic) bond motifs is 2. The molecule has 0 unspecified atom stereocenters. The van der Waals surface area contributed by atoms with Crippen LogP contribution < -0.4 is 9.64 Å². The van der Waals surface area contributed by atoms with Gasteiger partial charge in [0.2, 0.25) is 0 Å². The largest absolute Gasteiger partial charge is 0.495 e. The standard InChI is InChI=1S/C20H20ClN3O2/c1-12-22-16-11-13(6-8-17(16)23(12)2)20(25)24-10-4-5-14-15(21)7-9-18(26-3)19(14)24/h6-9,11H,4-5,10H2,1-3H3. The molecular weight excluding hydrogens is 350 g/mol. The van der Waals surface area contributed by atoms with Gasteiger partial charge in [0.05, 0.1) is 23.8 Å². The summed E-state index contributed by atoms with van der Waals surface area (Å²) in [5.41, 5.74) is 4.21. The van der Waals surface area contributed by atoms with Crippen molar-refractivity contribution >= 4 is 34.2 Å². The fourth-order valence-electron chi connectivity index (χ4n) is 3.63. The quantitative estimate of drug-likeness (QED) is 0.682. The average Bonchev–Trinajstić information content (AvgIpc) is 2.94. The van der Waals surface area contributed by atoms with Crippen molar-refractivity contribution in [2.45, 2.75) is 19.8 Å². The minimum atomic E-state index is -0.0586. The fourth-order valence-corrected chi connectivity index (χ4v) is 3.87. The number of imidazole rings is 1. The molecule has 1 amide bonds. The van der Waals surface area contributed by atoms with Gasteiger partial charge >= 0.3 is 0 Å². The zero-order valence-corrected chi connectivity index (χ0v) is 15.8. The Morgan fingerprint density at radius 3 is 2.85 bits per heavy atom. The predicted molar refractivity (Wildman–Crippen MR) is 103 cm³/mol. The first-order valence-corrected chi connectivity index (χ1v) is 8.99. The van der Waals surface area contributed by atoms with Crippen LogP contribution in [-0.4, -0.2) is 29.1 Å². The highest BCUT2D eigenvalue weighted by molar-refractivity contribution is 6.32. The molecule has 0 spiro atoms. The monoisotopic (exact) mass is 369 g/mol. The molecule has 6 heteroatoms. The Balaban J connectivity index is 1.80. The summed E-state index contributed by atoms with van der Waals surface area (Å²) in [6, 6.07) is 9.31. The third-order valence-electron chi connectivity index (χ3n) is 5.08. The van der Waals surface area contributed by atoms with Gasteiger partial charge in [-0.05, 0) is 55.7 Å². The molecule has 134 valence electrons. The van der Waals surface area contributed by atoms with Crippen molar-refractivity contribution in [3.8, 4) is 5.75 Å². The number of ether oxygens (including phenoxy) is 1. The number of benzene rings is 2. The highest BCUT2D eigenvalue weighted by Crippen LogP contribution is 2.41. The maximum Gasteiger partial charge on any atom is 0.258 e. The summed E-state index contributed by atoms with van der Waals surface area (Å²) in [6.45, 7) is 2.59. The van der Waals surface area contributed by atoms with Crippen molar-refractivity contribution in [1.29, 1.82) is 0 Å². The van der Waals surface area contributed by atoms with Crippen LogP contribution in [0.4, 0.5) is 5.69 Å². The summed E-state index contributed by atoms with van der Waals surface area (Å²) in [7, 11) is 3.59. The molecule has 2 heterocycles. The van der Waals surface area contributed by atoms with E-state index in [1.165, 1.54) is 0 Å². The number of hydrogen-bond donors (Lipinski definition) is 0. The molecule has 1 aliphatic rings. The minimum Gasteiger partial charge on any atom is -0.495 e. The molecule has 0 atom stereocenters. The number of amides is 1. The molecule has 4 rings (SSSR count). The Morgan fingerprint density at radius 1 is 1.27 bits per heavy atom. The van der Waals surface area contributed by atoms with E-state index in [0.717, 1.165) is 41.0 Å². The molecule has 0 bridgehead atoms. The third kappa shape index (κ3) is 2.54. The van der Waals surface area contributed by atoms with E-state index < -0.39 is 0 Å². The lowest BCUT2D eigenvalue weighted by atomic mass is 9.99. The second-order valence-electron chi connectivity index (χ2n) is 6.56. The van der Waals surface area contributed by atoms with Crippen LogP contribution >= 0.6 is 11.6 Å². The van der Waals surface area contributed by atoms with Crippen molar-refractivity contribution < 1.29 is 9.53 Å². The maximum atomic E-state index is 13.3. The van der Waals surface area contributed by atoms with E-state index >= 15 is 0 Å². The molecular formula is C20H20ClN3O2. The minimum absolute atomic E-state index is 0.0586. The van der Waals surface area contributed by atoms with Gasteiger partial charge in [0.25, 0.3) is 5.91 Å². The number of carbonyl (C=O) groups excluding carboxylic acids is 1. The van der Waals surface area contributed by atoms with Crippen molar-refractivity contribution in [3.63, 3.8) is 0 Å². The Hall–Kier alpha value is -2.53. The summed E-state index contributed by atoms with van der Waals surface area (Å²) in [4.78, 5) is 19.6. The van der Waals surface area contributed by atoms with Gasteiger partial charge < -0.3 is 14.2 Å². The summed E-state index contributed by atoms with van der Waals surface area (Å²) in [5.74, 6) is 1.53. The van der Waals surface area contributed by atoms with Crippen molar-refractivity contribution in [2.24, 2.45) is 7.05 Å². The van der Waals surface area contributed by atoms with Crippen LogP contribution in [0.1, 0.15) is 28.2 Å². The Bertz CT molecular complexity index is 1030. The lowest BCUT2D eigenvalue weighted by Crippen LogP contribution is -2.36. The highest BCUT2D eigenvalue weighted by atomic mass is 35.5. The predicted octanol–water partition coefficient (Wildman–Crippen LogP) is 4.14. The summed E-state index contributed by atoms with van der Waals surface area (Å²) >= 11 is 6.38. The Morgan fingerprint density at radius 2 is 2.08 bits per heavy atom. The Labute approximate surface area is 157 Å². The first-order valence-electron chi connectivity index (χ1n) is 8.61. The second kappa shape index (κ2) is 6.32. The number of halogens is 1. The lowest BCUT2D eigenvalue weighted by Gasteiger charge is -2.31. The molecule has 0 saturated heterocycles. The van der Waals surface area contributed by atoms with E-state index in [2.05, 4.69) is 4.98 Å². The van der Waals surface area contributed by atoms with Gasteiger partial charge in [0, 0.05) is 24.2 Å². The topological polar surface area (TPSA) is 47.4 Å². The molecule has 5 nitrogen and oxygen atoms in total. The molecule has 3 aromatic rings. The van der Waals surface area contributed by atoms with Crippen LogP contribution in [0.5, 0.6) is 5.75 Å². The third-order valence-corrected chi connectivity index (χ3v) is 5.44. The van der Waals surface area contributed by atoms with Crippen LogP contribution in [-0.2, 0) is 13.5 Å². The molecule has 26 heavy (non-hydrogen) atoms. The molecule has 0 N–H and O–H groups in total. The van der Waals surface area contributed by atoms with E-state index in [-0.39, 0.29) is 5.91 Å². The van der Waals surface area contributed by atoms with Gasteiger partial charge in [0.1, 0.15) is 11.6 Å². The van der Waals surface area contributed by atoms with Crippen LogP contribution in [0, 0.1) is 6.92 Å². The van der Waals surface area contributed by atoms with E-state index in [0.29, 0.717) is 22.9 Å². The molecule has 2 aromatic carbocycles. The second-order valence-corrected chi connectivity index (χ2v) is 6.97. The van der Waals surface area contributed by atoms with Crippen LogP contribution in [0.25, 0.3) is 11.0 Å². The molecule has 0 aliphatic carbocycles. The summed E-state index contributed by atoms with van der Waals surface area (Å²) < 4.78 is 7.52. The van der Waals surface area contributed by atoms with E-state index in [1.54, 1.807) is 12.0 Å². The summed E-state index contributed by atoms with van der Waals surface area (Å²) in [5, 5.41) is 0.675. The average molecular weight is 370 g/mol. The van der Waals surface area contributed by atoms with Crippen molar-refractivity contribution in [1.82, 2.24) is 9.55 Å². The zero-order chi connectivity index (χ0) is 18.4. The van der Waals surface area contributed by atoms with E-state index in [1.807, 2.05) is 48.9 Å². The van der Waals surface area contributed by atoms with Gasteiger partial charge in [-0.1, -0.05) is 11.6 Å². The SMILES string of the molecule is COc1ccc(Cl)c2c1N(C(=O)c1ccc3c(c1)nc(C)n3C)CCC2. The molecule has 1 aliphatic heterocycles. The number of anilines is 1. The summed E-state index contributed by atoms with van der Waals surface area (Å²) in [6.07, 6.45) is 1.71. The first kappa shape index (κ1) is 16.9. The van der Waals surface area contributed by atoms with Crippen LogP contribution in [0.15, 0.2) is 30.3 Å². The normalized spacial score (nSPS) is 13.8. The van der Waals surface area contributed by atoms with Gasteiger partial charge in [-0.2, -0.15) is 0 Å². The number of rotatable bonds is 2. The lowest BCUT2D eigenvalue weighted by molar-refractivity contribution is 0.0984. The number of nitrogens with zero attached hydrogens (tertiary/aromatic N) is 3. The zero-order valence-electron chi connectivity index (χ0n) is 15.0. The maximum absolute atomic E-state index is 13.3. The first-order chi connectivity index (χ1) is 12.5. The molecule has 1 aromatic heterocycles. The molecule has 0 saturated carbocycles. The van der Waals surface area contributed by atoms with Crippen molar-refractivity contribution in [3.05, 3.63) is 52.3 Å². The number of aromatic nitrogens is 2. The van der Waals surface area contributed by atoms with Crippen molar-refractivity contribution in [2.75, 3.05) is 18.6 Å². The number of aryl methyl sites for hydroxylation is 2. The Kier molecular flexibility index (Phi) is 4.11. The highest BCUT2D eigenvalue weighted by Gasteiger charge is 2.28. The van der Waals surface area contributed by atoms with Gasteiger partial charge in [-0.15, -0.1) is 0 Å². The molecule has 0 radical (unpaired) electrons. The van der Waals surface area contributed by atoms with Crippen LogP contribution in [0.2, 0.25) is 5.02 Å². The number of hydrogen-bond acceptors (Lipinski definition) is 3. The van der Waals surface area contributed by atoms with Gasteiger partial charge in [-0.25, -0.2) is 4.98 Å². The fraction of sp³-hybridized carbons (Fsp3) is 0.300. The number of carbonyl (C=O) groups is 1. The van der Waals surface area contributed by atoms with E-state index in [9.17, 15) is 4.79 Å². The van der Waals surface area contributed by atoms with Crippen LogP contribution in [0.3, 0.4) is 0 Å². The smallest absolute Gasteiger partial charge is 0.258 e.